The zero-order valence-electron chi connectivity index (χ0n) is 15.1. The van der Waals surface area contributed by atoms with Crippen LogP contribution in [0.2, 0.25) is 0 Å². The number of phenolic OH excluding ortho intramolecular Hbond substituents is 1. The molecule has 0 bridgehead atoms. The molecule has 0 spiro atoms. The largest absolute Gasteiger partial charge is 0.507 e. The van der Waals surface area contributed by atoms with Crippen molar-refractivity contribution >= 4 is 27.8 Å². The minimum atomic E-state index is -0.146. The van der Waals surface area contributed by atoms with Crippen LogP contribution in [0.15, 0.2) is 46.6 Å². The van der Waals surface area contributed by atoms with Gasteiger partial charge in [0.15, 0.2) is 5.76 Å². The number of allylic oxidation sites excluding steroid dienone is 1. The number of hydrogen-bond acceptors (Lipinski definition) is 5. The van der Waals surface area contributed by atoms with E-state index in [4.69, 9.17) is 4.74 Å². The molecule has 1 N–H and O–H groups in total. The molecule has 6 heteroatoms. The second kappa shape index (κ2) is 7.46. The van der Waals surface area contributed by atoms with E-state index in [2.05, 4.69) is 32.8 Å². The molecule has 0 radical (unpaired) electrons. The maximum absolute atomic E-state index is 12.8. The van der Waals surface area contributed by atoms with Gasteiger partial charge in [0.05, 0.1) is 11.1 Å². The molecule has 0 aliphatic carbocycles. The third-order valence-electron chi connectivity index (χ3n) is 5.06. The smallest absolute Gasteiger partial charge is 0.231 e. The van der Waals surface area contributed by atoms with E-state index >= 15 is 0 Å². The van der Waals surface area contributed by atoms with Crippen LogP contribution in [0.1, 0.15) is 21.5 Å². The van der Waals surface area contributed by atoms with E-state index in [0.29, 0.717) is 23.4 Å². The van der Waals surface area contributed by atoms with Gasteiger partial charge in [0, 0.05) is 37.2 Å². The molecule has 2 aliphatic rings. The predicted octanol–water partition coefficient (Wildman–Crippen LogP) is 3.52. The van der Waals surface area contributed by atoms with E-state index < -0.39 is 0 Å². The van der Waals surface area contributed by atoms with Gasteiger partial charge >= 0.3 is 0 Å². The molecule has 140 valence electrons. The van der Waals surface area contributed by atoms with Crippen LogP contribution in [0.4, 0.5) is 0 Å². The molecule has 2 aromatic rings. The number of benzene rings is 2. The summed E-state index contributed by atoms with van der Waals surface area (Å²) in [6.45, 7) is 4.40. The number of rotatable bonds is 3. The lowest BCUT2D eigenvalue weighted by Gasteiger charge is -2.32. The number of Topliss-reactive ketones (excluding diaryl/α,β-unsaturated/α-hetero) is 1. The molecule has 0 amide bonds. The Balaban J connectivity index is 1.61. The summed E-state index contributed by atoms with van der Waals surface area (Å²) in [5.74, 6) is 0.803. The van der Waals surface area contributed by atoms with Gasteiger partial charge in [-0.25, -0.2) is 0 Å². The van der Waals surface area contributed by atoms with Crippen LogP contribution < -0.4 is 4.74 Å². The van der Waals surface area contributed by atoms with Crippen LogP contribution in [-0.4, -0.2) is 53.9 Å². The number of likely N-dealkylation sites (N-methyl/N-ethyl adjacent to an activating group) is 1. The van der Waals surface area contributed by atoms with Crippen LogP contribution in [0.25, 0.3) is 6.08 Å². The number of ether oxygens (including phenoxy) is 1. The van der Waals surface area contributed by atoms with Crippen LogP contribution in [-0.2, 0) is 6.54 Å². The fourth-order valence-corrected chi connectivity index (χ4v) is 3.65. The average molecular weight is 429 g/mol. The number of phenols is 1. The van der Waals surface area contributed by atoms with Gasteiger partial charge in [-0.2, -0.15) is 0 Å². The summed E-state index contributed by atoms with van der Waals surface area (Å²) in [5.41, 5.74) is 2.09. The predicted molar refractivity (Wildman–Crippen MR) is 108 cm³/mol. The van der Waals surface area contributed by atoms with Gasteiger partial charge in [-0.1, -0.05) is 28.1 Å². The van der Waals surface area contributed by atoms with Crippen molar-refractivity contribution in [3.05, 3.63) is 63.3 Å². The first kappa shape index (κ1) is 18.2. The molecule has 0 saturated carbocycles. The van der Waals surface area contributed by atoms with Gasteiger partial charge < -0.3 is 14.7 Å². The Labute approximate surface area is 167 Å². The highest BCUT2D eigenvalue weighted by atomic mass is 79.9. The van der Waals surface area contributed by atoms with E-state index in [1.165, 1.54) is 0 Å². The second-order valence-corrected chi connectivity index (χ2v) is 7.93. The number of aromatic hydroxyl groups is 1. The maximum Gasteiger partial charge on any atom is 0.231 e. The molecule has 4 rings (SSSR count). The minimum Gasteiger partial charge on any atom is -0.507 e. The van der Waals surface area contributed by atoms with Crippen molar-refractivity contribution in [1.29, 1.82) is 0 Å². The monoisotopic (exact) mass is 428 g/mol. The third-order valence-corrected chi connectivity index (χ3v) is 5.59. The average Bonchev–Trinajstić information content (AvgIpc) is 2.97. The normalized spacial score (nSPS) is 19.3. The van der Waals surface area contributed by atoms with Gasteiger partial charge in [-0.3, -0.25) is 9.69 Å². The van der Waals surface area contributed by atoms with Gasteiger partial charge in [0.25, 0.3) is 0 Å². The van der Waals surface area contributed by atoms with Crippen molar-refractivity contribution in [1.82, 2.24) is 9.80 Å². The lowest BCUT2D eigenvalue weighted by molar-refractivity contribution is 0.101. The molecule has 0 atom stereocenters. The molecule has 1 fully saturated rings. The summed E-state index contributed by atoms with van der Waals surface area (Å²) >= 11 is 3.41. The Hall–Kier alpha value is -2.15. The summed E-state index contributed by atoms with van der Waals surface area (Å²) in [6.07, 6.45) is 1.74. The molecule has 0 aromatic heterocycles. The molecule has 1 saturated heterocycles. The van der Waals surface area contributed by atoms with Crippen molar-refractivity contribution in [2.24, 2.45) is 0 Å². The van der Waals surface area contributed by atoms with Crippen molar-refractivity contribution in [3.8, 4) is 11.5 Å². The Morgan fingerprint density at radius 2 is 1.81 bits per heavy atom. The number of halogens is 1. The fourth-order valence-electron chi connectivity index (χ4n) is 3.39. The third kappa shape index (κ3) is 3.78. The van der Waals surface area contributed by atoms with Gasteiger partial charge in [0.1, 0.15) is 11.5 Å². The Morgan fingerprint density at radius 1 is 1.11 bits per heavy atom. The number of carbonyl (C=O) groups excluding carboxylic acids is 1. The van der Waals surface area contributed by atoms with E-state index in [1.54, 1.807) is 18.2 Å². The molecule has 27 heavy (non-hydrogen) atoms. The van der Waals surface area contributed by atoms with Crippen molar-refractivity contribution in [2.75, 3.05) is 33.2 Å². The summed E-state index contributed by atoms with van der Waals surface area (Å²) in [6, 6.07) is 10.9. The van der Waals surface area contributed by atoms with Crippen molar-refractivity contribution in [3.63, 3.8) is 0 Å². The molecule has 2 aromatic carbocycles. The van der Waals surface area contributed by atoms with Gasteiger partial charge in [-0.05, 0) is 43.0 Å². The minimum absolute atomic E-state index is 0.146. The number of nitrogens with zero attached hydrogens (tertiary/aromatic N) is 2. The highest BCUT2D eigenvalue weighted by Crippen LogP contribution is 2.40. The van der Waals surface area contributed by atoms with E-state index in [0.717, 1.165) is 36.2 Å². The molecular formula is C21H21BrN2O3. The molecule has 0 unspecified atom stereocenters. The van der Waals surface area contributed by atoms with E-state index in [1.807, 2.05) is 24.3 Å². The Morgan fingerprint density at radius 3 is 2.52 bits per heavy atom. The lowest BCUT2D eigenvalue weighted by atomic mass is 10.0. The second-order valence-electron chi connectivity index (χ2n) is 7.01. The quantitative estimate of drug-likeness (QED) is 0.757. The van der Waals surface area contributed by atoms with Crippen LogP contribution in [0.5, 0.6) is 11.5 Å². The van der Waals surface area contributed by atoms with Crippen molar-refractivity contribution < 1.29 is 14.6 Å². The molecule has 2 aliphatic heterocycles. The Kier molecular flexibility index (Phi) is 5.04. The van der Waals surface area contributed by atoms with Crippen LogP contribution in [0.3, 0.4) is 0 Å². The molecule has 2 heterocycles. The first-order valence-corrected chi connectivity index (χ1v) is 9.76. The lowest BCUT2D eigenvalue weighted by Crippen LogP contribution is -2.43. The zero-order chi connectivity index (χ0) is 19.0. The fraction of sp³-hybridized carbons (Fsp3) is 0.286. The molecule has 5 nitrogen and oxygen atoms in total. The molecular weight excluding hydrogens is 408 g/mol. The topological polar surface area (TPSA) is 53.0 Å². The van der Waals surface area contributed by atoms with Crippen molar-refractivity contribution in [2.45, 2.75) is 6.54 Å². The first-order valence-electron chi connectivity index (χ1n) is 8.97. The number of carbonyl (C=O) groups is 1. The zero-order valence-corrected chi connectivity index (χ0v) is 16.7. The summed E-state index contributed by atoms with van der Waals surface area (Å²) < 4.78 is 6.91. The highest BCUT2D eigenvalue weighted by Gasteiger charge is 2.32. The van der Waals surface area contributed by atoms with E-state index in [9.17, 15) is 9.90 Å². The van der Waals surface area contributed by atoms with E-state index in [-0.39, 0.29) is 17.3 Å². The van der Waals surface area contributed by atoms with Crippen LogP contribution >= 0.6 is 15.9 Å². The highest BCUT2D eigenvalue weighted by molar-refractivity contribution is 9.10. The van der Waals surface area contributed by atoms with Crippen LogP contribution in [0, 0.1) is 0 Å². The SMILES string of the molecule is CN1CCN(Cc2c(O)ccc3c2O/C(=C\c2ccc(Br)cc2)C3=O)CC1. The maximum atomic E-state index is 12.8. The number of hydrogen-bond donors (Lipinski definition) is 1. The first-order chi connectivity index (χ1) is 13.0. The number of piperazine rings is 1. The Bertz CT molecular complexity index is 900. The standard InChI is InChI=1S/C21H21BrN2O3/c1-23-8-10-24(11-9-23)13-17-18(25)7-6-16-20(26)19(27-21(16)17)12-14-2-4-15(22)5-3-14/h2-7,12,25H,8-11,13H2,1H3/b19-12-. The summed E-state index contributed by atoms with van der Waals surface area (Å²) in [4.78, 5) is 17.3. The van der Waals surface area contributed by atoms with Gasteiger partial charge in [0.2, 0.25) is 5.78 Å². The number of fused-ring (bicyclic) bond motifs is 1. The van der Waals surface area contributed by atoms with Gasteiger partial charge in [-0.15, -0.1) is 0 Å². The summed E-state index contributed by atoms with van der Waals surface area (Å²) in [7, 11) is 2.11. The number of ketones is 1. The summed E-state index contributed by atoms with van der Waals surface area (Å²) in [5, 5.41) is 10.4.